The zero-order chi connectivity index (χ0) is 14.5. The minimum Gasteiger partial charge on any atom is -0.357 e. The van der Waals surface area contributed by atoms with E-state index in [1.54, 1.807) is 5.57 Å². The molecule has 5 atom stereocenters. The molecule has 0 radical (unpaired) electrons. The lowest BCUT2D eigenvalue weighted by Crippen LogP contribution is -2.45. The van der Waals surface area contributed by atoms with Crippen LogP contribution in [0.4, 0.5) is 0 Å². The van der Waals surface area contributed by atoms with E-state index in [9.17, 15) is 0 Å². The van der Waals surface area contributed by atoms with E-state index >= 15 is 0 Å². The monoisotopic (exact) mass is 285 g/mol. The molecule has 1 heterocycles. The number of fused-ring (bicyclic) bond motifs is 3. The number of hydrogen-bond donors (Lipinski definition) is 1. The Morgan fingerprint density at radius 2 is 2.05 bits per heavy atom. The molecule has 5 rings (SSSR count). The number of epoxide rings is 1. The number of ether oxygens (including phenoxy) is 1. The molecule has 21 heavy (non-hydrogen) atoms. The lowest BCUT2D eigenvalue weighted by molar-refractivity contribution is 0.149. The summed E-state index contributed by atoms with van der Waals surface area (Å²) in [4.78, 5) is 0. The molecule has 2 nitrogen and oxygen atoms in total. The van der Waals surface area contributed by atoms with Crippen LogP contribution in [0.5, 0.6) is 0 Å². The third-order valence-corrected chi connectivity index (χ3v) is 7.82. The van der Waals surface area contributed by atoms with Crippen LogP contribution in [0.15, 0.2) is 11.6 Å². The van der Waals surface area contributed by atoms with E-state index in [1.165, 1.54) is 32.1 Å². The van der Waals surface area contributed by atoms with Gasteiger partial charge in [0.15, 0.2) is 0 Å². The summed E-state index contributed by atoms with van der Waals surface area (Å²) in [6.07, 6.45) is 12.2. The summed E-state index contributed by atoms with van der Waals surface area (Å²) in [5, 5.41) is 8.06. The van der Waals surface area contributed by atoms with Gasteiger partial charge in [0.25, 0.3) is 0 Å². The molecule has 2 heteroatoms. The second kappa shape index (κ2) is 3.64. The fraction of sp³-hybridized carbons (Fsp3) is 0.842. The maximum Gasteiger partial charge on any atom is 0.120 e. The lowest BCUT2D eigenvalue weighted by atomic mass is 9.57. The first-order chi connectivity index (χ1) is 9.98. The maximum absolute atomic E-state index is 8.06. The van der Waals surface area contributed by atoms with Crippen LogP contribution in [-0.2, 0) is 4.74 Å². The minimum atomic E-state index is 0.0611. The van der Waals surface area contributed by atoms with E-state index in [0.717, 1.165) is 42.7 Å². The molecule has 1 N–H and O–H groups in total. The molecule has 1 aliphatic heterocycles. The summed E-state index contributed by atoms with van der Waals surface area (Å²) < 4.78 is 6.45. The molecule has 114 valence electrons. The Labute approximate surface area is 127 Å². The van der Waals surface area contributed by atoms with Crippen LogP contribution in [0.1, 0.15) is 65.2 Å². The second-order valence-electron chi connectivity index (χ2n) is 9.04. The molecule has 0 aromatic rings. The summed E-state index contributed by atoms with van der Waals surface area (Å²) in [6, 6.07) is 0. The van der Waals surface area contributed by atoms with Gasteiger partial charge in [-0.1, -0.05) is 19.9 Å². The van der Waals surface area contributed by atoms with Crippen LogP contribution in [-0.4, -0.2) is 16.9 Å². The summed E-state index contributed by atoms with van der Waals surface area (Å²) >= 11 is 0. The van der Waals surface area contributed by atoms with Gasteiger partial charge in [-0.15, -0.1) is 0 Å². The minimum absolute atomic E-state index is 0.0611. The van der Waals surface area contributed by atoms with Gasteiger partial charge in [-0.25, -0.2) is 0 Å². The standard InChI is InChI=1S/C19H27NO/c1-17(2)8-6-13-14-7-9-18-11-12(20)5-10-19(18,21-18)16(14)4-3-15(13)17/h4,13-15,20H,3,5-11H2,1-2H3/t13?,14?,15?,18?,19-/m0/s1. The van der Waals surface area contributed by atoms with Gasteiger partial charge in [0.05, 0.1) is 0 Å². The van der Waals surface area contributed by atoms with Gasteiger partial charge < -0.3 is 10.1 Å². The van der Waals surface area contributed by atoms with Crippen LogP contribution in [0.2, 0.25) is 0 Å². The lowest BCUT2D eigenvalue weighted by Gasteiger charge is -2.45. The molecule has 4 unspecified atom stereocenters. The van der Waals surface area contributed by atoms with Crippen LogP contribution in [0.25, 0.3) is 0 Å². The third kappa shape index (κ3) is 1.41. The van der Waals surface area contributed by atoms with Gasteiger partial charge in [0.1, 0.15) is 11.2 Å². The molecule has 5 aliphatic rings. The Bertz CT molecular complexity index is 562. The first kappa shape index (κ1) is 12.9. The molecule has 0 aromatic heterocycles. The quantitative estimate of drug-likeness (QED) is 0.516. The number of nitrogens with one attached hydrogen (secondary N) is 1. The molecule has 3 saturated carbocycles. The van der Waals surface area contributed by atoms with Crippen molar-refractivity contribution < 1.29 is 4.74 Å². The van der Waals surface area contributed by atoms with Crippen molar-refractivity contribution in [1.29, 1.82) is 5.41 Å². The SMILES string of the molecule is CC1(C)CCC2C3CCC45CC(=N)CC[C@]4(O5)C3=CCC21. The Balaban J connectivity index is 1.53. The second-order valence-corrected chi connectivity index (χ2v) is 9.04. The summed E-state index contributed by atoms with van der Waals surface area (Å²) in [7, 11) is 0. The largest absolute Gasteiger partial charge is 0.357 e. The molecule has 0 amide bonds. The van der Waals surface area contributed by atoms with Crippen molar-refractivity contribution in [3.63, 3.8) is 0 Å². The molecule has 4 aliphatic carbocycles. The summed E-state index contributed by atoms with van der Waals surface area (Å²) in [6.45, 7) is 4.97. The Hall–Kier alpha value is -0.630. The average Bonchev–Trinajstić information content (AvgIpc) is 3.04. The predicted octanol–water partition coefficient (Wildman–Crippen LogP) is 4.49. The van der Waals surface area contributed by atoms with Gasteiger partial charge >= 0.3 is 0 Å². The van der Waals surface area contributed by atoms with Crippen LogP contribution in [0, 0.1) is 28.6 Å². The fourth-order valence-electron chi connectivity index (χ4n) is 6.67. The van der Waals surface area contributed by atoms with Crippen LogP contribution in [0.3, 0.4) is 0 Å². The van der Waals surface area contributed by atoms with Crippen molar-refractivity contribution in [2.75, 3.05) is 0 Å². The zero-order valence-corrected chi connectivity index (χ0v) is 13.4. The van der Waals surface area contributed by atoms with Gasteiger partial charge in [0.2, 0.25) is 0 Å². The van der Waals surface area contributed by atoms with Gasteiger partial charge in [-0.3, -0.25) is 0 Å². The molecule has 1 saturated heterocycles. The number of allylic oxidation sites excluding steroid dienone is 1. The fourth-order valence-corrected chi connectivity index (χ4v) is 6.67. The van der Waals surface area contributed by atoms with Crippen molar-refractivity contribution in [2.24, 2.45) is 23.2 Å². The van der Waals surface area contributed by atoms with E-state index in [0.29, 0.717) is 5.41 Å². The highest BCUT2D eigenvalue weighted by molar-refractivity contribution is 5.85. The smallest absolute Gasteiger partial charge is 0.120 e. The van der Waals surface area contributed by atoms with E-state index < -0.39 is 0 Å². The van der Waals surface area contributed by atoms with Gasteiger partial charge in [0, 0.05) is 12.1 Å². The number of rotatable bonds is 0. The highest BCUT2D eigenvalue weighted by atomic mass is 16.6. The van der Waals surface area contributed by atoms with Crippen molar-refractivity contribution in [3.8, 4) is 0 Å². The zero-order valence-electron chi connectivity index (χ0n) is 13.4. The third-order valence-electron chi connectivity index (χ3n) is 7.82. The first-order valence-corrected chi connectivity index (χ1v) is 8.95. The van der Waals surface area contributed by atoms with E-state index in [1.807, 2.05) is 0 Å². The van der Waals surface area contributed by atoms with Crippen molar-refractivity contribution in [2.45, 2.75) is 76.4 Å². The topological polar surface area (TPSA) is 36.4 Å². The Kier molecular flexibility index (Phi) is 2.23. The Morgan fingerprint density at radius 1 is 1.19 bits per heavy atom. The van der Waals surface area contributed by atoms with Crippen LogP contribution >= 0.6 is 0 Å². The normalized spacial score (nSPS) is 53.1. The highest BCUT2D eigenvalue weighted by Gasteiger charge is 2.75. The van der Waals surface area contributed by atoms with Crippen molar-refractivity contribution in [1.82, 2.24) is 0 Å². The van der Waals surface area contributed by atoms with E-state index in [2.05, 4.69) is 19.9 Å². The first-order valence-electron chi connectivity index (χ1n) is 8.95. The van der Waals surface area contributed by atoms with E-state index in [-0.39, 0.29) is 11.2 Å². The van der Waals surface area contributed by atoms with Gasteiger partial charge in [-0.05, 0) is 73.7 Å². The molecule has 4 fully saturated rings. The van der Waals surface area contributed by atoms with Gasteiger partial charge in [-0.2, -0.15) is 0 Å². The highest BCUT2D eigenvalue weighted by Crippen LogP contribution is 2.71. The van der Waals surface area contributed by atoms with E-state index in [4.69, 9.17) is 10.1 Å². The molecule has 0 bridgehead atoms. The predicted molar refractivity (Wildman–Crippen MR) is 83.5 cm³/mol. The summed E-state index contributed by atoms with van der Waals surface area (Å²) in [5.41, 5.74) is 3.29. The number of hydrogen-bond acceptors (Lipinski definition) is 2. The average molecular weight is 285 g/mol. The van der Waals surface area contributed by atoms with Crippen molar-refractivity contribution >= 4 is 5.71 Å². The maximum atomic E-state index is 8.06. The van der Waals surface area contributed by atoms with Crippen LogP contribution < -0.4 is 0 Å². The van der Waals surface area contributed by atoms with Crippen molar-refractivity contribution in [3.05, 3.63) is 11.6 Å². The molecule has 0 aromatic carbocycles. The molecular formula is C19H27NO. The molecule has 0 spiro atoms. The molecular weight excluding hydrogens is 258 g/mol. The summed E-state index contributed by atoms with van der Waals surface area (Å²) in [5.74, 6) is 2.61. The Morgan fingerprint density at radius 3 is 2.90 bits per heavy atom.